The average Bonchev–Trinajstić information content (AvgIpc) is 3.36. The summed E-state index contributed by atoms with van der Waals surface area (Å²) in [5, 5.41) is 16.4. The molecule has 10 heteroatoms. The quantitative estimate of drug-likeness (QED) is 0.258. The van der Waals surface area contributed by atoms with Gasteiger partial charge < -0.3 is 30.8 Å². The van der Waals surface area contributed by atoms with Gasteiger partial charge in [-0.15, -0.1) is 0 Å². The van der Waals surface area contributed by atoms with E-state index in [1.54, 1.807) is 39.0 Å². The summed E-state index contributed by atoms with van der Waals surface area (Å²) in [7, 11) is 0. The van der Waals surface area contributed by atoms with E-state index in [1.807, 2.05) is 61.2 Å². The Morgan fingerprint density at radius 2 is 1.90 bits per heavy atom. The van der Waals surface area contributed by atoms with E-state index in [0.29, 0.717) is 22.8 Å². The van der Waals surface area contributed by atoms with Crippen LogP contribution in [0.5, 0.6) is 5.75 Å². The third kappa shape index (κ3) is 7.79. The number of hydrogen-bond donors (Lipinski definition) is 4. The Labute approximate surface area is 252 Å². The summed E-state index contributed by atoms with van der Waals surface area (Å²) in [5.74, 6) is 0.670. The fourth-order valence-electron chi connectivity index (χ4n) is 4.75. The van der Waals surface area contributed by atoms with Crippen molar-refractivity contribution in [3.63, 3.8) is 0 Å². The maximum Gasteiger partial charge on any atom is 0.251 e. The molecule has 1 aromatic heterocycles. The van der Waals surface area contributed by atoms with Crippen LogP contribution < -0.4 is 21.1 Å². The van der Waals surface area contributed by atoms with Crippen molar-refractivity contribution in [1.82, 2.24) is 20.2 Å². The van der Waals surface area contributed by atoms with Gasteiger partial charge in [-0.1, -0.05) is 41.9 Å². The van der Waals surface area contributed by atoms with Crippen LogP contribution in [0.3, 0.4) is 0 Å². The van der Waals surface area contributed by atoms with Gasteiger partial charge in [-0.25, -0.2) is 4.98 Å². The van der Waals surface area contributed by atoms with Crippen LogP contribution >= 0.6 is 11.6 Å². The van der Waals surface area contributed by atoms with Gasteiger partial charge in [0.05, 0.1) is 34.5 Å². The van der Waals surface area contributed by atoms with Gasteiger partial charge in [0.1, 0.15) is 11.6 Å². The number of aliphatic hydroxyl groups is 1. The molecule has 1 aliphatic rings. The van der Waals surface area contributed by atoms with Gasteiger partial charge in [-0.2, -0.15) is 0 Å². The van der Waals surface area contributed by atoms with E-state index in [9.17, 15) is 14.7 Å². The zero-order valence-corrected chi connectivity index (χ0v) is 25.5. The molecule has 0 bridgehead atoms. The number of imidazole rings is 1. The van der Waals surface area contributed by atoms with Crippen LogP contribution in [0.15, 0.2) is 54.7 Å². The standard InChI is InChI=1S/C32H40ClN5O4/c1-19(2)42-28-13-12-23(16-26(28)33)30(40)36-24(17-35-31(41)32(4,5)34)15-21-8-10-22(11-9-21)27-18-38-14-6-7-25(20(3)39)29(38)37-27/h6,8-14,16,18-20,24-25,39H,7,15,17,34H2,1-5H3,(H,35,41)(H,36,40)/t20?,24-,25?/m0/s1. The molecule has 3 aromatic rings. The fraction of sp³-hybridized carbons (Fsp3) is 0.406. The highest BCUT2D eigenvalue weighted by Gasteiger charge is 2.26. The van der Waals surface area contributed by atoms with Crippen molar-refractivity contribution in [2.45, 2.75) is 77.2 Å². The van der Waals surface area contributed by atoms with Gasteiger partial charge in [0, 0.05) is 36.0 Å². The van der Waals surface area contributed by atoms with Crippen molar-refractivity contribution in [3.05, 3.63) is 76.7 Å². The largest absolute Gasteiger partial charge is 0.489 e. The Hall–Kier alpha value is -3.66. The lowest BCUT2D eigenvalue weighted by molar-refractivity contribution is -0.125. The number of aliphatic hydroxyl groups excluding tert-OH is 1. The lowest BCUT2D eigenvalue weighted by Gasteiger charge is -2.23. The number of benzene rings is 2. The number of halogens is 1. The van der Waals surface area contributed by atoms with Gasteiger partial charge in [-0.05, 0) is 71.2 Å². The second-order valence-corrected chi connectivity index (χ2v) is 12.1. The molecule has 9 nitrogen and oxygen atoms in total. The zero-order valence-electron chi connectivity index (χ0n) is 24.7. The summed E-state index contributed by atoms with van der Waals surface area (Å²) in [6.45, 7) is 9.04. The number of aromatic nitrogens is 2. The first-order chi connectivity index (χ1) is 19.8. The van der Waals surface area contributed by atoms with E-state index in [4.69, 9.17) is 27.1 Å². The smallest absolute Gasteiger partial charge is 0.251 e. The second kappa shape index (κ2) is 13.1. The summed E-state index contributed by atoms with van der Waals surface area (Å²) in [6.07, 6.45) is 6.65. The number of ether oxygens (including phenoxy) is 1. The summed E-state index contributed by atoms with van der Waals surface area (Å²) in [5.41, 5.74) is 8.01. The monoisotopic (exact) mass is 593 g/mol. The van der Waals surface area contributed by atoms with Crippen molar-refractivity contribution in [3.8, 4) is 17.0 Å². The molecule has 0 saturated heterocycles. The summed E-state index contributed by atoms with van der Waals surface area (Å²) < 4.78 is 7.64. The van der Waals surface area contributed by atoms with Gasteiger partial charge in [0.25, 0.3) is 5.91 Å². The second-order valence-electron chi connectivity index (χ2n) is 11.7. The average molecular weight is 594 g/mol. The van der Waals surface area contributed by atoms with Gasteiger partial charge in [0.2, 0.25) is 5.91 Å². The van der Waals surface area contributed by atoms with Gasteiger partial charge in [0.15, 0.2) is 0 Å². The zero-order chi connectivity index (χ0) is 30.6. The van der Waals surface area contributed by atoms with Gasteiger partial charge >= 0.3 is 0 Å². The lowest BCUT2D eigenvalue weighted by atomic mass is 9.97. The first-order valence-electron chi connectivity index (χ1n) is 14.2. The third-order valence-electron chi connectivity index (χ3n) is 7.05. The minimum Gasteiger partial charge on any atom is -0.489 e. The van der Waals surface area contributed by atoms with E-state index < -0.39 is 17.7 Å². The van der Waals surface area contributed by atoms with Crippen LogP contribution in [0.2, 0.25) is 5.02 Å². The summed E-state index contributed by atoms with van der Waals surface area (Å²) >= 11 is 6.36. The molecule has 0 spiro atoms. The van der Waals surface area contributed by atoms with Crippen LogP contribution in [0.1, 0.15) is 68.7 Å². The highest BCUT2D eigenvalue weighted by molar-refractivity contribution is 6.32. The van der Waals surface area contributed by atoms with Crippen LogP contribution in [0.25, 0.3) is 17.5 Å². The predicted octanol–water partition coefficient (Wildman–Crippen LogP) is 4.52. The van der Waals surface area contributed by atoms with E-state index in [0.717, 1.165) is 29.1 Å². The summed E-state index contributed by atoms with van der Waals surface area (Å²) in [4.78, 5) is 30.5. The van der Waals surface area contributed by atoms with Crippen molar-refractivity contribution in [1.29, 1.82) is 0 Å². The topological polar surface area (TPSA) is 132 Å². The molecule has 2 unspecified atom stereocenters. The SMILES string of the molecule is CC(C)Oc1ccc(C(=O)N[C@H](CNC(=O)C(C)(C)N)Cc2ccc(-c3cn4c(n3)C(C(C)O)CC=C4)cc2)cc1Cl. The Morgan fingerprint density at radius 3 is 2.52 bits per heavy atom. The minimum atomic E-state index is -1.05. The lowest BCUT2D eigenvalue weighted by Crippen LogP contribution is -2.53. The number of amides is 2. The molecule has 42 heavy (non-hydrogen) atoms. The number of allylic oxidation sites excluding steroid dienone is 1. The van der Waals surface area contributed by atoms with Crippen molar-refractivity contribution in [2.24, 2.45) is 5.73 Å². The number of nitrogens with one attached hydrogen (secondary N) is 2. The molecular formula is C32H40ClN5O4. The number of carbonyl (C=O) groups excluding carboxylic acids is 2. The fourth-order valence-corrected chi connectivity index (χ4v) is 4.98. The van der Waals surface area contributed by atoms with Crippen LogP contribution in [0.4, 0.5) is 0 Å². The molecule has 2 amide bonds. The molecule has 2 aromatic carbocycles. The highest BCUT2D eigenvalue weighted by Crippen LogP contribution is 2.31. The predicted molar refractivity (Wildman–Crippen MR) is 165 cm³/mol. The molecule has 1 aliphatic heterocycles. The van der Waals surface area contributed by atoms with E-state index in [-0.39, 0.29) is 30.4 Å². The Balaban J connectivity index is 1.50. The Morgan fingerprint density at radius 1 is 1.19 bits per heavy atom. The van der Waals surface area contributed by atoms with Crippen LogP contribution in [-0.4, -0.2) is 56.8 Å². The molecule has 0 saturated carbocycles. The molecule has 5 N–H and O–H groups in total. The third-order valence-corrected chi connectivity index (χ3v) is 7.34. The van der Waals surface area contributed by atoms with Gasteiger partial charge in [-0.3, -0.25) is 9.59 Å². The molecule has 3 atom stereocenters. The van der Waals surface area contributed by atoms with Crippen molar-refractivity contribution >= 4 is 29.6 Å². The maximum absolute atomic E-state index is 13.2. The molecule has 0 radical (unpaired) electrons. The minimum absolute atomic E-state index is 0.0464. The van der Waals surface area contributed by atoms with Crippen LogP contribution in [0, 0.1) is 0 Å². The number of nitrogens with zero attached hydrogens (tertiary/aromatic N) is 2. The molecule has 0 aliphatic carbocycles. The van der Waals surface area contributed by atoms with Crippen molar-refractivity contribution in [2.75, 3.05) is 6.54 Å². The van der Waals surface area contributed by atoms with E-state index >= 15 is 0 Å². The maximum atomic E-state index is 13.2. The number of fused-ring (bicyclic) bond motifs is 1. The normalized spacial score (nSPS) is 16.1. The molecule has 4 rings (SSSR count). The Bertz CT molecular complexity index is 1440. The number of carbonyl (C=O) groups is 2. The van der Waals surface area contributed by atoms with E-state index in [2.05, 4.69) is 10.6 Å². The molecular weight excluding hydrogens is 554 g/mol. The molecule has 224 valence electrons. The first-order valence-corrected chi connectivity index (χ1v) is 14.6. The molecule has 0 fully saturated rings. The molecule has 2 heterocycles. The number of rotatable bonds is 11. The summed E-state index contributed by atoms with van der Waals surface area (Å²) in [6, 6.07) is 12.4. The van der Waals surface area contributed by atoms with E-state index in [1.165, 1.54) is 0 Å². The number of nitrogens with two attached hydrogens (primary N) is 1. The highest BCUT2D eigenvalue weighted by atomic mass is 35.5. The Kier molecular flexibility index (Phi) is 9.76. The first kappa shape index (κ1) is 31.3. The number of hydrogen-bond acceptors (Lipinski definition) is 6. The van der Waals surface area contributed by atoms with Crippen LogP contribution in [-0.2, 0) is 11.2 Å². The van der Waals surface area contributed by atoms with Crippen molar-refractivity contribution < 1.29 is 19.4 Å².